The van der Waals surface area contributed by atoms with Crippen LogP contribution in [0.5, 0.6) is 5.75 Å². The summed E-state index contributed by atoms with van der Waals surface area (Å²) >= 11 is 3.28. The second-order valence-corrected chi connectivity index (χ2v) is 5.14. The maximum atomic E-state index is 12.9. The highest BCUT2D eigenvalue weighted by molar-refractivity contribution is 9.10. The van der Waals surface area contributed by atoms with Gasteiger partial charge in [0.2, 0.25) is 0 Å². The van der Waals surface area contributed by atoms with Gasteiger partial charge < -0.3 is 15.7 Å². The number of halogens is 2. The number of rotatable bonds is 2. The zero-order valence-corrected chi connectivity index (χ0v) is 12.2. The Morgan fingerprint density at radius 1 is 1.30 bits per heavy atom. The largest absolute Gasteiger partial charge is 0.507 e. The van der Waals surface area contributed by atoms with E-state index in [-0.39, 0.29) is 5.56 Å². The maximum absolute atomic E-state index is 12.9. The van der Waals surface area contributed by atoms with Gasteiger partial charge in [0.1, 0.15) is 11.6 Å². The summed E-state index contributed by atoms with van der Waals surface area (Å²) in [4.78, 5) is 13.6. The lowest BCUT2D eigenvalue weighted by molar-refractivity contribution is 0.0990. The van der Waals surface area contributed by atoms with Gasteiger partial charge in [-0.1, -0.05) is 15.9 Å². The summed E-state index contributed by atoms with van der Waals surface area (Å²) < 4.78 is 13.7. The van der Waals surface area contributed by atoms with E-state index in [2.05, 4.69) is 15.9 Å². The first-order chi connectivity index (χ1) is 9.40. The van der Waals surface area contributed by atoms with Crippen LogP contribution in [0.1, 0.15) is 10.4 Å². The minimum Gasteiger partial charge on any atom is -0.507 e. The van der Waals surface area contributed by atoms with E-state index in [0.29, 0.717) is 11.4 Å². The molecule has 0 aliphatic carbocycles. The molecular formula is C14H12BrFN2O2. The maximum Gasteiger partial charge on any atom is 0.261 e. The Hall–Kier alpha value is -2.08. The number of hydrogen-bond donors (Lipinski definition) is 2. The fraction of sp³-hybridized carbons (Fsp3) is 0.0714. The zero-order chi connectivity index (χ0) is 14.9. The number of phenols is 1. The Morgan fingerprint density at radius 3 is 2.60 bits per heavy atom. The van der Waals surface area contributed by atoms with Crippen LogP contribution in [0, 0.1) is 5.82 Å². The predicted octanol–water partition coefficient (Wildman–Crippen LogP) is 3.15. The summed E-state index contributed by atoms with van der Waals surface area (Å²) in [6.45, 7) is 0. The number of nitrogens with two attached hydrogens (primary N) is 1. The molecule has 0 aliphatic heterocycles. The number of nitrogens with zero attached hydrogens (tertiary/aromatic N) is 1. The molecule has 1 amide bonds. The van der Waals surface area contributed by atoms with Crippen LogP contribution in [0.15, 0.2) is 40.9 Å². The van der Waals surface area contributed by atoms with Gasteiger partial charge in [-0.25, -0.2) is 4.39 Å². The van der Waals surface area contributed by atoms with Gasteiger partial charge in [-0.2, -0.15) is 0 Å². The summed E-state index contributed by atoms with van der Waals surface area (Å²) in [6, 6.07) is 8.35. The molecule has 6 heteroatoms. The molecule has 0 aromatic heterocycles. The molecule has 0 spiro atoms. The van der Waals surface area contributed by atoms with Crippen molar-refractivity contribution in [3.05, 3.63) is 52.3 Å². The fourth-order valence-electron chi connectivity index (χ4n) is 1.81. The van der Waals surface area contributed by atoms with Crippen LogP contribution < -0.4 is 10.6 Å². The number of carbonyl (C=O) groups excluding carboxylic acids is 1. The molecule has 0 radical (unpaired) electrons. The highest BCUT2D eigenvalue weighted by Crippen LogP contribution is 2.28. The van der Waals surface area contributed by atoms with Crippen molar-refractivity contribution >= 4 is 33.2 Å². The van der Waals surface area contributed by atoms with E-state index in [1.54, 1.807) is 18.2 Å². The lowest BCUT2D eigenvalue weighted by Crippen LogP contribution is -2.27. The van der Waals surface area contributed by atoms with E-state index in [0.717, 1.165) is 16.6 Å². The molecule has 2 rings (SSSR count). The summed E-state index contributed by atoms with van der Waals surface area (Å²) in [5.74, 6) is -1.49. The topological polar surface area (TPSA) is 66.6 Å². The van der Waals surface area contributed by atoms with Crippen molar-refractivity contribution in [2.24, 2.45) is 0 Å². The Labute approximate surface area is 123 Å². The van der Waals surface area contributed by atoms with Crippen LogP contribution in [-0.2, 0) is 0 Å². The van der Waals surface area contributed by atoms with E-state index in [9.17, 15) is 14.3 Å². The monoisotopic (exact) mass is 338 g/mol. The van der Waals surface area contributed by atoms with Crippen molar-refractivity contribution in [1.29, 1.82) is 0 Å². The number of aromatic hydroxyl groups is 1. The first-order valence-corrected chi connectivity index (χ1v) is 6.51. The van der Waals surface area contributed by atoms with Crippen LogP contribution in [0.3, 0.4) is 0 Å². The van der Waals surface area contributed by atoms with E-state index >= 15 is 0 Å². The van der Waals surface area contributed by atoms with Gasteiger partial charge in [0.15, 0.2) is 0 Å². The minimum absolute atomic E-state index is 0.0104. The number of nitrogen functional groups attached to an aromatic ring is 1. The molecule has 4 nitrogen and oxygen atoms in total. The van der Waals surface area contributed by atoms with Crippen LogP contribution in [0.4, 0.5) is 15.8 Å². The van der Waals surface area contributed by atoms with Crippen LogP contribution in [0.25, 0.3) is 0 Å². The number of benzene rings is 2. The van der Waals surface area contributed by atoms with Crippen LogP contribution >= 0.6 is 15.9 Å². The SMILES string of the molecule is CN(C(=O)c1ccc(F)cc1O)c1ccc(Br)cc1N. The van der Waals surface area contributed by atoms with Gasteiger partial charge in [0.25, 0.3) is 5.91 Å². The number of anilines is 2. The normalized spacial score (nSPS) is 10.3. The van der Waals surface area contributed by atoms with Crippen molar-refractivity contribution in [3.63, 3.8) is 0 Å². The molecule has 0 unspecified atom stereocenters. The third-order valence-corrected chi connectivity index (χ3v) is 3.34. The summed E-state index contributed by atoms with van der Waals surface area (Å²) in [5.41, 5.74) is 6.78. The first kappa shape index (κ1) is 14.3. The van der Waals surface area contributed by atoms with E-state index < -0.39 is 17.5 Å². The third-order valence-electron chi connectivity index (χ3n) is 2.85. The molecule has 0 fully saturated rings. The molecule has 0 saturated carbocycles. The molecule has 2 aromatic rings. The molecule has 20 heavy (non-hydrogen) atoms. The van der Waals surface area contributed by atoms with Gasteiger partial charge in [0, 0.05) is 17.6 Å². The smallest absolute Gasteiger partial charge is 0.261 e. The summed E-state index contributed by atoms with van der Waals surface area (Å²) in [6.07, 6.45) is 0. The minimum atomic E-state index is -0.607. The number of carbonyl (C=O) groups is 1. The van der Waals surface area contributed by atoms with Crippen LogP contribution in [-0.4, -0.2) is 18.1 Å². The Bertz CT molecular complexity index is 676. The van der Waals surface area contributed by atoms with Crippen molar-refractivity contribution < 1.29 is 14.3 Å². The average Bonchev–Trinajstić information content (AvgIpc) is 2.37. The molecule has 3 N–H and O–H groups in total. The highest BCUT2D eigenvalue weighted by Gasteiger charge is 2.19. The molecule has 0 bridgehead atoms. The van der Waals surface area contributed by atoms with Crippen LogP contribution in [0.2, 0.25) is 0 Å². The second kappa shape index (κ2) is 5.50. The van der Waals surface area contributed by atoms with Crippen molar-refractivity contribution in [2.45, 2.75) is 0 Å². The quantitative estimate of drug-likeness (QED) is 0.826. The zero-order valence-electron chi connectivity index (χ0n) is 10.6. The summed E-state index contributed by atoms with van der Waals surface area (Å²) in [5, 5.41) is 9.64. The molecule has 2 aromatic carbocycles. The lowest BCUT2D eigenvalue weighted by Gasteiger charge is -2.20. The Kier molecular flexibility index (Phi) is 3.94. The van der Waals surface area contributed by atoms with Crippen molar-refractivity contribution in [2.75, 3.05) is 17.7 Å². The molecular weight excluding hydrogens is 327 g/mol. The van der Waals surface area contributed by atoms with Crippen molar-refractivity contribution in [3.8, 4) is 5.75 Å². The van der Waals surface area contributed by atoms with Gasteiger partial charge in [-0.3, -0.25) is 4.79 Å². The first-order valence-electron chi connectivity index (χ1n) is 5.71. The average molecular weight is 339 g/mol. The van der Waals surface area contributed by atoms with Gasteiger partial charge >= 0.3 is 0 Å². The van der Waals surface area contributed by atoms with E-state index in [1.165, 1.54) is 18.0 Å². The summed E-state index contributed by atoms with van der Waals surface area (Å²) in [7, 11) is 1.53. The van der Waals surface area contributed by atoms with Gasteiger partial charge in [-0.15, -0.1) is 0 Å². The molecule has 104 valence electrons. The number of hydrogen-bond acceptors (Lipinski definition) is 3. The molecule has 0 aliphatic rings. The van der Waals surface area contributed by atoms with Gasteiger partial charge in [-0.05, 0) is 30.3 Å². The highest BCUT2D eigenvalue weighted by atomic mass is 79.9. The predicted molar refractivity (Wildman–Crippen MR) is 79.4 cm³/mol. The third kappa shape index (κ3) is 2.75. The Balaban J connectivity index is 2.37. The number of phenolic OH excluding ortho intramolecular Hbond substituents is 1. The van der Waals surface area contributed by atoms with Gasteiger partial charge in [0.05, 0.1) is 16.9 Å². The van der Waals surface area contributed by atoms with E-state index in [4.69, 9.17) is 5.73 Å². The molecule has 0 atom stereocenters. The second-order valence-electron chi connectivity index (χ2n) is 4.23. The lowest BCUT2D eigenvalue weighted by atomic mass is 10.1. The Morgan fingerprint density at radius 2 is 2.00 bits per heavy atom. The number of amides is 1. The standard InChI is InChI=1S/C14H12BrFN2O2/c1-18(12-5-2-8(15)6-11(12)17)14(20)10-4-3-9(16)7-13(10)19/h2-7,19H,17H2,1H3. The fourth-order valence-corrected chi connectivity index (χ4v) is 2.19. The van der Waals surface area contributed by atoms with E-state index in [1.807, 2.05) is 0 Å². The molecule has 0 heterocycles. The molecule has 0 saturated heterocycles. The van der Waals surface area contributed by atoms with Crippen molar-refractivity contribution in [1.82, 2.24) is 0 Å².